The standard InChI is InChI=1S/C13H19NO2S/c15-13(14-11-4-2-8-16-10-11)7-1-5-12-6-3-9-17-12/h3,6,9,11H,1-2,4-5,7-8,10H2,(H,14,15). The van der Waals surface area contributed by atoms with E-state index in [1.807, 2.05) is 0 Å². The maximum atomic E-state index is 11.7. The second kappa shape index (κ2) is 6.77. The van der Waals surface area contributed by atoms with Gasteiger partial charge in [0, 0.05) is 17.9 Å². The predicted octanol–water partition coefficient (Wildman–Crippen LogP) is 2.37. The fourth-order valence-electron chi connectivity index (χ4n) is 2.03. The van der Waals surface area contributed by atoms with Gasteiger partial charge in [-0.25, -0.2) is 0 Å². The van der Waals surface area contributed by atoms with E-state index in [2.05, 4.69) is 22.8 Å². The van der Waals surface area contributed by atoms with E-state index in [1.165, 1.54) is 4.88 Å². The Kier molecular flexibility index (Phi) is 5.01. The molecule has 3 nitrogen and oxygen atoms in total. The van der Waals surface area contributed by atoms with Gasteiger partial charge in [0.2, 0.25) is 5.91 Å². The van der Waals surface area contributed by atoms with Crippen LogP contribution >= 0.6 is 11.3 Å². The lowest BCUT2D eigenvalue weighted by Crippen LogP contribution is -2.40. The van der Waals surface area contributed by atoms with Gasteiger partial charge >= 0.3 is 0 Å². The molecule has 2 heterocycles. The van der Waals surface area contributed by atoms with Gasteiger partial charge in [-0.1, -0.05) is 6.07 Å². The summed E-state index contributed by atoms with van der Waals surface area (Å²) in [6.07, 6.45) is 4.66. The van der Waals surface area contributed by atoms with Crippen LogP contribution in [0, 0.1) is 0 Å². The molecule has 0 saturated carbocycles. The molecule has 1 saturated heterocycles. The number of ether oxygens (including phenoxy) is 1. The Morgan fingerprint density at radius 2 is 2.53 bits per heavy atom. The Hall–Kier alpha value is -0.870. The van der Waals surface area contributed by atoms with Crippen LogP contribution in [0.25, 0.3) is 0 Å². The molecular formula is C13H19NO2S. The molecule has 1 aromatic heterocycles. The van der Waals surface area contributed by atoms with Crippen LogP contribution < -0.4 is 5.32 Å². The lowest BCUT2D eigenvalue weighted by atomic mass is 10.1. The molecule has 0 radical (unpaired) electrons. The molecule has 0 aliphatic carbocycles. The largest absolute Gasteiger partial charge is 0.379 e. The fourth-order valence-corrected chi connectivity index (χ4v) is 2.78. The average molecular weight is 253 g/mol. The minimum absolute atomic E-state index is 0.164. The molecule has 0 bridgehead atoms. The molecule has 1 N–H and O–H groups in total. The molecule has 1 unspecified atom stereocenters. The molecule has 17 heavy (non-hydrogen) atoms. The van der Waals surface area contributed by atoms with Gasteiger partial charge in [-0.05, 0) is 37.1 Å². The van der Waals surface area contributed by atoms with Crippen molar-refractivity contribution in [1.82, 2.24) is 5.32 Å². The summed E-state index contributed by atoms with van der Waals surface area (Å²) in [5.74, 6) is 0.164. The van der Waals surface area contributed by atoms with Crippen LogP contribution in [0.4, 0.5) is 0 Å². The molecule has 0 aromatic carbocycles. The molecule has 1 aliphatic heterocycles. The zero-order valence-corrected chi connectivity index (χ0v) is 10.8. The SMILES string of the molecule is O=C(CCCc1cccs1)NC1CCCOC1. The summed E-state index contributed by atoms with van der Waals surface area (Å²) in [6, 6.07) is 4.41. The van der Waals surface area contributed by atoms with E-state index in [9.17, 15) is 4.79 Å². The van der Waals surface area contributed by atoms with Crippen molar-refractivity contribution in [3.8, 4) is 0 Å². The topological polar surface area (TPSA) is 38.3 Å². The number of hydrogen-bond donors (Lipinski definition) is 1. The van der Waals surface area contributed by atoms with Crippen molar-refractivity contribution in [2.45, 2.75) is 38.1 Å². The van der Waals surface area contributed by atoms with E-state index in [0.29, 0.717) is 13.0 Å². The summed E-state index contributed by atoms with van der Waals surface area (Å²) in [5, 5.41) is 5.12. The van der Waals surface area contributed by atoms with E-state index in [1.54, 1.807) is 11.3 Å². The van der Waals surface area contributed by atoms with Crippen LogP contribution in [-0.4, -0.2) is 25.2 Å². The molecule has 94 valence electrons. The van der Waals surface area contributed by atoms with Crippen LogP contribution in [0.3, 0.4) is 0 Å². The van der Waals surface area contributed by atoms with E-state index in [4.69, 9.17) is 4.74 Å². The van der Waals surface area contributed by atoms with Gasteiger partial charge in [-0.2, -0.15) is 0 Å². The number of amides is 1. The van der Waals surface area contributed by atoms with Crippen molar-refractivity contribution in [3.63, 3.8) is 0 Å². The van der Waals surface area contributed by atoms with Gasteiger partial charge < -0.3 is 10.1 Å². The third-order valence-corrected chi connectivity index (χ3v) is 3.87. The molecule has 2 rings (SSSR count). The quantitative estimate of drug-likeness (QED) is 0.875. The van der Waals surface area contributed by atoms with Crippen molar-refractivity contribution in [2.24, 2.45) is 0 Å². The first-order valence-corrected chi connectivity index (χ1v) is 7.12. The highest BCUT2D eigenvalue weighted by atomic mass is 32.1. The van der Waals surface area contributed by atoms with Crippen molar-refractivity contribution < 1.29 is 9.53 Å². The summed E-state index contributed by atoms with van der Waals surface area (Å²) in [5.41, 5.74) is 0. The Balaban J connectivity index is 1.60. The Morgan fingerprint density at radius 1 is 1.59 bits per heavy atom. The first kappa shape index (κ1) is 12.6. The zero-order valence-electron chi connectivity index (χ0n) is 9.98. The molecule has 0 spiro atoms. The van der Waals surface area contributed by atoms with Crippen molar-refractivity contribution in [1.29, 1.82) is 0 Å². The van der Waals surface area contributed by atoms with Crippen molar-refractivity contribution >= 4 is 17.2 Å². The fraction of sp³-hybridized carbons (Fsp3) is 0.615. The van der Waals surface area contributed by atoms with E-state index in [-0.39, 0.29) is 11.9 Å². The number of thiophene rings is 1. The van der Waals surface area contributed by atoms with Gasteiger partial charge in [0.15, 0.2) is 0 Å². The van der Waals surface area contributed by atoms with Crippen LogP contribution in [0.2, 0.25) is 0 Å². The third-order valence-electron chi connectivity index (χ3n) is 2.93. The van der Waals surface area contributed by atoms with E-state index >= 15 is 0 Å². The van der Waals surface area contributed by atoms with Crippen molar-refractivity contribution in [3.05, 3.63) is 22.4 Å². The van der Waals surface area contributed by atoms with E-state index < -0.39 is 0 Å². The smallest absolute Gasteiger partial charge is 0.220 e. The summed E-state index contributed by atoms with van der Waals surface area (Å²) >= 11 is 1.76. The number of carbonyl (C=O) groups is 1. The molecule has 1 fully saturated rings. The van der Waals surface area contributed by atoms with Crippen LogP contribution in [0.1, 0.15) is 30.6 Å². The lowest BCUT2D eigenvalue weighted by Gasteiger charge is -2.23. The number of nitrogens with one attached hydrogen (secondary N) is 1. The van der Waals surface area contributed by atoms with Gasteiger partial charge in [0.05, 0.1) is 12.6 Å². The molecule has 1 aliphatic rings. The summed E-state index contributed by atoms with van der Waals surface area (Å²) in [7, 11) is 0. The van der Waals surface area contributed by atoms with Crippen LogP contribution in [0.15, 0.2) is 17.5 Å². The van der Waals surface area contributed by atoms with Gasteiger partial charge in [0.25, 0.3) is 0 Å². The first-order chi connectivity index (χ1) is 8.34. The summed E-state index contributed by atoms with van der Waals surface area (Å²) in [6.45, 7) is 1.52. The monoisotopic (exact) mass is 253 g/mol. The first-order valence-electron chi connectivity index (χ1n) is 6.24. The molecular weight excluding hydrogens is 234 g/mol. The maximum absolute atomic E-state index is 11.7. The number of hydrogen-bond acceptors (Lipinski definition) is 3. The zero-order chi connectivity index (χ0) is 11.9. The Bertz CT molecular complexity index is 331. The lowest BCUT2D eigenvalue weighted by molar-refractivity contribution is -0.122. The van der Waals surface area contributed by atoms with Crippen LogP contribution in [0.5, 0.6) is 0 Å². The van der Waals surface area contributed by atoms with Gasteiger partial charge in [0.1, 0.15) is 0 Å². The highest BCUT2D eigenvalue weighted by Crippen LogP contribution is 2.12. The van der Waals surface area contributed by atoms with E-state index in [0.717, 1.165) is 32.3 Å². The minimum atomic E-state index is 0.164. The normalized spacial score (nSPS) is 20.1. The second-order valence-corrected chi connectivity index (χ2v) is 5.45. The summed E-state index contributed by atoms with van der Waals surface area (Å²) < 4.78 is 5.33. The molecule has 4 heteroatoms. The van der Waals surface area contributed by atoms with Crippen LogP contribution in [-0.2, 0) is 16.0 Å². The Morgan fingerprint density at radius 3 is 3.24 bits per heavy atom. The minimum Gasteiger partial charge on any atom is -0.379 e. The average Bonchev–Trinajstić information content (AvgIpc) is 2.83. The van der Waals surface area contributed by atoms with Gasteiger partial charge in [-0.15, -0.1) is 11.3 Å². The molecule has 1 aromatic rings. The summed E-state index contributed by atoms with van der Waals surface area (Å²) in [4.78, 5) is 13.0. The van der Waals surface area contributed by atoms with Gasteiger partial charge in [-0.3, -0.25) is 4.79 Å². The predicted molar refractivity (Wildman–Crippen MR) is 69.2 cm³/mol. The highest BCUT2D eigenvalue weighted by molar-refractivity contribution is 7.09. The van der Waals surface area contributed by atoms with Crippen molar-refractivity contribution in [2.75, 3.05) is 13.2 Å². The highest BCUT2D eigenvalue weighted by Gasteiger charge is 2.15. The molecule has 1 atom stereocenters. The third kappa shape index (κ3) is 4.48. The Labute approximate surface area is 106 Å². The molecule has 1 amide bonds. The number of rotatable bonds is 5. The second-order valence-electron chi connectivity index (χ2n) is 4.41. The number of carbonyl (C=O) groups excluding carboxylic acids is 1. The number of aryl methyl sites for hydroxylation is 1. The maximum Gasteiger partial charge on any atom is 0.220 e.